The van der Waals surface area contributed by atoms with Crippen LogP contribution in [-0.4, -0.2) is 24.5 Å². The zero-order valence-electron chi connectivity index (χ0n) is 12.9. The summed E-state index contributed by atoms with van der Waals surface area (Å²) in [6, 6.07) is 2.94. The van der Waals surface area contributed by atoms with Crippen molar-refractivity contribution in [2.24, 2.45) is 5.92 Å². The Hall–Kier alpha value is -1.46. The molecule has 1 aliphatic rings. The Morgan fingerprint density at radius 1 is 1.30 bits per heavy atom. The van der Waals surface area contributed by atoms with Crippen LogP contribution in [-0.2, 0) is 9.53 Å². The van der Waals surface area contributed by atoms with Crippen LogP contribution >= 0.6 is 23.2 Å². The molecule has 2 atom stereocenters. The van der Waals surface area contributed by atoms with Crippen LogP contribution in [0.3, 0.4) is 0 Å². The number of benzene rings is 1. The van der Waals surface area contributed by atoms with E-state index in [1.807, 2.05) is 0 Å². The molecule has 1 saturated carbocycles. The number of hydrogen-bond acceptors (Lipinski definition) is 4. The van der Waals surface area contributed by atoms with E-state index >= 15 is 0 Å². The molecule has 0 bridgehead atoms. The Morgan fingerprint density at radius 2 is 2.00 bits per heavy atom. The number of ether oxygens (including phenoxy) is 1. The van der Waals surface area contributed by atoms with Crippen molar-refractivity contribution in [2.45, 2.75) is 38.6 Å². The lowest BCUT2D eigenvalue weighted by Crippen LogP contribution is -2.42. The molecule has 23 heavy (non-hydrogen) atoms. The molecule has 1 fully saturated rings. The molecule has 5 nitrogen and oxygen atoms in total. The molecule has 1 aromatic carbocycles. The molecule has 0 spiro atoms. The summed E-state index contributed by atoms with van der Waals surface area (Å²) in [5, 5.41) is 3.36. The maximum Gasteiger partial charge on any atom is 0.340 e. The fraction of sp³-hybridized carbons (Fsp3) is 0.500. The Kier molecular flexibility index (Phi) is 6.13. The minimum atomic E-state index is -0.723. The molecule has 3 N–H and O–H groups in total. The highest BCUT2D eigenvalue weighted by molar-refractivity contribution is 6.37. The van der Waals surface area contributed by atoms with E-state index in [-0.39, 0.29) is 39.9 Å². The maximum atomic E-state index is 12.0. The lowest BCUT2D eigenvalue weighted by atomic mass is 9.86. The number of nitrogens with two attached hydrogens (primary N) is 1. The SMILES string of the molecule is C[C@H]1CCCC[C@@H]1NC(=O)COC(=O)c1cc(Cl)cc(Cl)c1N. The van der Waals surface area contributed by atoms with Gasteiger partial charge in [-0.05, 0) is 30.9 Å². The van der Waals surface area contributed by atoms with E-state index in [1.54, 1.807) is 0 Å². The molecule has 7 heteroatoms. The highest BCUT2D eigenvalue weighted by Gasteiger charge is 2.23. The first-order valence-corrected chi connectivity index (χ1v) is 8.35. The topological polar surface area (TPSA) is 81.4 Å². The maximum absolute atomic E-state index is 12.0. The summed E-state index contributed by atoms with van der Waals surface area (Å²) >= 11 is 11.7. The Balaban J connectivity index is 1.90. The largest absolute Gasteiger partial charge is 0.452 e. The highest BCUT2D eigenvalue weighted by atomic mass is 35.5. The molecular formula is C16H20Cl2N2O3. The molecule has 0 saturated heterocycles. The van der Waals surface area contributed by atoms with Crippen molar-refractivity contribution in [3.8, 4) is 0 Å². The van der Waals surface area contributed by atoms with Gasteiger partial charge in [0, 0.05) is 11.1 Å². The molecule has 0 aromatic heterocycles. The predicted octanol–water partition coefficient (Wildman–Crippen LogP) is 3.43. The predicted molar refractivity (Wildman–Crippen MR) is 90.7 cm³/mol. The number of nitrogen functional groups attached to an aromatic ring is 1. The monoisotopic (exact) mass is 358 g/mol. The third kappa shape index (κ3) is 4.75. The molecular weight excluding hydrogens is 339 g/mol. The number of amides is 1. The van der Waals surface area contributed by atoms with Gasteiger partial charge < -0.3 is 15.8 Å². The van der Waals surface area contributed by atoms with Gasteiger partial charge in [0.15, 0.2) is 6.61 Å². The summed E-state index contributed by atoms with van der Waals surface area (Å²) < 4.78 is 5.01. The quantitative estimate of drug-likeness (QED) is 0.638. The zero-order chi connectivity index (χ0) is 17.0. The second-order valence-corrected chi connectivity index (χ2v) is 6.70. The summed E-state index contributed by atoms with van der Waals surface area (Å²) in [4.78, 5) is 24.0. The van der Waals surface area contributed by atoms with Gasteiger partial charge in [-0.3, -0.25) is 4.79 Å². The average Bonchev–Trinajstić information content (AvgIpc) is 2.50. The summed E-state index contributed by atoms with van der Waals surface area (Å²) in [5.74, 6) is -0.603. The molecule has 0 unspecified atom stereocenters. The van der Waals surface area contributed by atoms with Crippen LogP contribution in [0.2, 0.25) is 10.0 Å². The van der Waals surface area contributed by atoms with Gasteiger partial charge in [0.25, 0.3) is 5.91 Å². The van der Waals surface area contributed by atoms with Gasteiger partial charge in [-0.1, -0.05) is 43.0 Å². The van der Waals surface area contributed by atoms with E-state index in [1.165, 1.54) is 18.6 Å². The van der Waals surface area contributed by atoms with Crippen LogP contribution in [0.5, 0.6) is 0 Å². The number of rotatable bonds is 4. The van der Waals surface area contributed by atoms with Gasteiger partial charge in [-0.15, -0.1) is 0 Å². The van der Waals surface area contributed by atoms with E-state index in [2.05, 4.69) is 12.2 Å². The average molecular weight is 359 g/mol. The first-order chi connectivity index (χ1) is 10.9. The second-order valence-electron chi connectivity index (χ2n) is 5.86. The highest BCUT2D eigenvalue weighted by Crippen LogP contribution is 2.28. The van der Waals surface area contributed by atoms with Crippen molar-refractivity contribution in [3.05, 3.63) is 27.7 Å². The van der Waals surface area contributed by atoms with Gasteiger partial charge in [-0.2, -0.15) is 0 Å². The number of halogens is 2. The Morgan fingerprint density at radius 3 is 2.70 bits per heavy atom. The fourth-order valence-electron chi connectivity index (χ4n) is 2.74. The van der Waals surface area contributed by atoms with Crippen molar-refractivity contribution in [3.63, 3.8) is 0 Å². The van der Waals surface area contributed by atoms with Gasteiger partial charge in [0.05, 0.1) is 16.3 Å². The number of esters is 1. The smallest absolute Gasteiger partial charge is 0.340 e. The van der Waals surface area contributed by atoms with E-state index < -0.39 is 5.97 Å². The Bertz CT molecular complexity index is 607. The minimum absolute atomic E-state index is 0.0568. The van der Waals surface area contributed by atoms with Gasteiger partial charge in [0.1, 0.15) is 0 Å². The third-order valence-electron chi connectivity index (χ3n) is 4.11. The first kappa shape index (κ1) is 17.9. The van der Waals surface area contributed by atoms with Crippen molar-refractivity contribution in [2.75, 3.05) is 12.3 Å². The molecule has 0 aliphatic heterocycles. The molecule has 1 amide bonds. The number of carbonyl (C=O) groups excluding carboxylic acids is 2. The van der Waals surface area contributed by atoms with Crippen molar-refractivity contribution in [1.82, 2.24) is 5.32 Å². The zero-order valence-corrected chi connectivity index (χ0v) is 14.4. The van der Waals surface area contributed by atoms with E-state index in [0.717, 1.165) is 19.3 Å². The first-order valence-electron chi connectivity index (χ1n) is 7.59. The van der Waals surface area contributed by atoms with Gasteiger partial charge in [-0.25, -0.2) is 4.79 Å². The lowest BCUT2D eigenvalue weighted by Gasteiger charge is -2.29. The van der Waals surface area contributed by atoms with Gasteiger partial charge in [0.2, 0.25) is 0 Å². The summed E-state index contributed by atoms with van der Waals surface area (Å²) in [6.45, 7) is 1.76. The number of hydrogen-bond donors (Lipinski definition) is 2. The van der Waals surface area contributed by atoms with Crippen molar-refractivity contribution >= 4 is 40.8 Å². The van der Waals surface area contributed by atoms with Crippen molar-refractivity contribution in [1.29, 1.82) is 0 Å². The number of anilines is 1. The fourth-order valence-corrected chi connectivity index (χ4v) is 3.24. The second kappa shape index (κ2) is 7.88. The summed E-state index contributed by atoms with van der Waals surface area (Å²) in [6.07, 6.45) is 4.35. The van der Waals surface area contributed by atoms with Crippen LogP contribution < -0.4 is 11.1 Å². The molecule has 0 radical (unpaired) electrons. The minimum Gasteiger partial charge on any atom is -0.452 e. The van der Waals surface area contributed by atoms with E-state index in [4.69, 9.17) is 33.7 Å². The standard InChI is InChI=1S/C16H20Cl2N2O3/c1-9-4-2-3-5-13(9)20-14(21)8-23-16(22)11-6-10(17)7-12(18)15(11)19/h6-7,9,13H,2-5,8,19H2,1H3,(H,20,21)/t9-,13-/m0/s1. The molecule has 2 rings (SSSR count). The number of carbonyl (C=O) groups is 2. The normalized spacial score (nSPS) is 20.8. The van der Waals surface area contributed by atoms with E-state index in [9.17, 15) is 9.59 Å². The van der Waals surface area contributed by atoms with Crippen LogP contribution in [0.15, 0.2) is 12.1 Å². The van der Waals surface area contributed by atoms with Crippen LogP contribution in [0.4, 0.5) is 5.69 Å². The van der Waals surface area contributed by atoms with Crippen LogP contribution in [0, 0.1) is 5.92 Å². The number of nitrogens with one attached hydrogen (secondary N) is 1. The van der Waals surface area contributed by atoms with Crippen molar-refractivity contribution < 1.29 is 14.3 Å². The Labute approximate surface area is 145 Å². The summed E-state index contributed by atoms with van der Waals surface area (Å²) in [7, 11) is 0. The molecule has 1 aliphatic carbocycles. The van der Waals surface area contributed by atoms with Crippen LogP contribution in [0.1, 0.15) is 43.0 Å². The molecule has 126 valence electrons. The van der Waals surface area contributed by atoms with E-state index in [0.29, 0.717) is 5.92 Å². The van der Waals surface area contributed by atoms with Gasteiger partial charge >= 0.3 is 5.97 Å². The summed E-state index contributed by atoms with van der Waals surface area (Å²) in [5.41, 5.74) is 5.88. The third-order valence-corrected chi connectivity index (χ3v) is 4.64. The van der Waals surface area contributed by atoms with Crippen LogP contribution in [0.25, 0.3) is 0 Å². The lowest BCUT2D eigenvalue weighted by molar-refractivity contribution is -0.125. The molecule has 1 aromatic rings. The molecule has 0 heterocycles.